The normalized spacial score (nSPS) is 11.0. The van der Waals surface area contributed by atoms with Crippen molar-refractivity contribution in [3.8, 4) is 11.1 Å². The van der Waals surface area contributed by atoms with Crippen LogP contribution in [0.3, 0.4) is 0 Å². The van der Waals surface area contributed by atoms with Gasteiger partial charge in [0.05, 0.1) is 6.26 Å². The average Bonchev–Trinajstić information content (AvgIpc) is 3.04. The molecule has 1 heterocycles. The monoisotopic (exact) mass is 318 g/mol. The molecular weight excluding hydrogens is 300 g/mol. The molecule has 3 heteroatoms. The minimum Gasteiger partial charge on any atom is -0.475 e. The van der Waals surface area contributed by atoms with Crippen LogP contribution < -0.4 is 0 Å². The predicted molar refractivity (Wildman–Crippen MR) is 94.1 cm³/mol. The first-order chi connectivity index (χ1) is 11.8. The first-order valence-electron chi connectivity index (χ1n) is 7.83. The zero-order chi connectivity index (χ0) is 16.8. The molecule has 3 aromatic rings. The summed E-state index contributed by atoms with van der Waals surface area (Å²) in [6.45, 7) is 0. The Morgan fingerprint density at radius 2 is 1.54 bits per heavy atom. The fraction of sp³-hybridized carbons (Fsp3) is 0.0952. The second kappa shape index (κ2) is 7.47. The molecule has 0 aliphatic heterocycles. The second-order valence-corrected chi connectivity index (χ2v) is 5.50. The lowest BCUT2D eigenvalue weighted by Crippen LogP contribution is -1.97. The molecule has 0 unspecified atom stereocenters. The third-order valence-electron chi connectivity index (χ3n) is 3.82. The molecule has 1 N–H and O–H groups in total. The molecule has 0 fully saturated rings. The number of carbonyl (C=O) groups is 1. The molecule has 3 rings (SSSR count). The van der Waals surface area contributed by atoms with Crippen molar-refractivity contribution in [2.75, 3.05) is 0 Å². The van der Waals surface area contributed by atoms with Crippen molar-refractivity contribution >= 4 is 5.97 Å². The summed E-state index contributed by atoms with van der Waals surface area (Å²) in [5.41, 5.74) is 3.64. The van der Waals surface area contributed by atoms with Crippen LogP contribution in [-0.2, 0) is 12.8 Å². The van der Waals surface area contributed by atoms with Gasteiger partial charge in [-0.15, -0.1) is 0 Å². The second-order valence-electron chi connectivity index (χ2n) is 5.50. The van der Waals surface area contributed by atoms with Crippen molar-refractivity contribution in [1.29, 1.82) is 0 Å². The van der Waals surface area contributed by atoms with Crippen molar-refractivity contribution in [2.24, 2.45) is 0 Å². The van der Waals surface area contributed by atoms with Gasteiger partial charge in [-0.3, -0.25) is 0 Å². The molecule has 0 atom stereocenters. The van der Waals surface area contributed by atoms with Gasteiger partial charge in [0.2, 0.25) is 5.76 Å². The van der Waals surface area contributed by atoms with Crippen molar-refractivity contribution in [1.82, 2.24) is 0 Å². The first-order valence-corrected chi connectivity index (χ1v) is 7.83. The Morgan fingerprint density at radius 1 is 0.917 bits per heavy atom. The molecule has 3 nitrogen and oxygen atoms in total. The maximum Gasteiger partial charge on any atom is 0.372 e. The van der Waals surface area contributed by atoms with Crippen molar-refractivity contribution in [3.63, 3.8) is 0 Å². The van der Waals surface area contributed by atoms with Crippen LogP contribution in [0.25, 0.3) is 11.1 Å². The summed E-state index contributed by atoms with van der Waals surface area (Å²) < 4.78 is 5.29. The molecule has 0 saturated heterocycles. The summed E-state index contributed by atoms with van der Waals surface area (Å²) in [6.07, 6.45) is 7.17. The van der Waals surface area contributed by atoms with Crippen LogP contribution in [0.15, 0.2) is 83.5 Å². The SMILES string of the molecule is O=C(O)c1occ(CC=CCc2ccccc2)c1-c1ccccc1. The van der Waals surface area contributed by atoms with Gasteiger partial charge in [0.1, 0.15) is 0 Å². The summed E-state index contributed by atoms with van der Waals surface area (Å²) in [5, 5.41) is 9.35. The van der Waals surface area contributed by atoms with Gasteiger partial charge >= 0.3 is 5.97 Å². The van der Waals surface area contributed by atoms with E-state index in [0.29, 0.717) is 12.0 Å². The lowest BCUT2D eigenvalue weighted by atomic mass is 9.99. The van der Waals surface area contributed by atoms with Gasteiger partial charge in [-0.1, -0.05) is 72.8 Å². The fourth-order valence-corrected chi connectivity index (χ4v) is 2.67. The lowest BCUT2D eigenvalue weighted by molar-refractivity contribution is 0.0663. The quantitative estimate of drug-likeness (QED) is 0.652. The van der Waals surface area contributed by atoms with Gasteiger partial charge in [-0.25, -0.2) is 4.79 Å². The van der Waals surface area contributed by atoms with E-state index >= 15 is 0 Å². The predicted octanol–water partition coefficient (Wildman–Crippen LogP) is 4.99. The van der Waals surface area contributed by atoms with Crippen molar-refractivity contribution in [2.45, 2.75) is 12.8 Å². The van der Waals surface area contributed by atoms with Gasteiger partial charge < -0.3 is 9.52 Å². The number of hydrogen-bond acceptors (Lipinski definition) is 2. The number of carboxylic acids is 1. The largest absolute Gasteiger partial charge is 0.475 e. The molecule has 2 aromatic carbocycles. The molecular formula is C21H18O3. The Kier molecular flexibility index (Phi) is 4.92. The smallest absolute Gasteiger partial charge is 0.372 e. The highest BCUT2D eigenvalue weighted by Gasteiger charge is 2.20. The van der Waals surface area contributed by atoms with Gasteiger partial charge in [0, 0.05) is 11.1 Å². The number of aromatic carboxylic acids is 1. The minimum atomic E-state index is -1.05. The Balaban J connectivity index is 1.80. The van der Waals surface area contributed by atoms with Crippen LogP contribution >= 0.6 is 0 Å². The Labute approximate surface area is 140 Å². The fourth-order valence-electron chi connectivity index (χ4n) is 2.67. The molecule has 0 radical (unpaired) electrons. The molecule has 0 saturated carbocycles. The van der Waals surface area contributed by atoms with E-state index in [1.807, 2.05) is 48.5 Å². The van der Waals surface area contributed by atoms with E-state index in [1.54, 1.807) is 6.26 Å². The number of rotatable bonds is 6. The van der Waals surface area contributed by atoms with Crippen LogP contribution in [0.1, 0.15) is 21.7 Å². The summed E-state index contributed by atoms with van der Waals surface area (Å²) in [7, 11) is 0. The Bertz CT molecular complexity index is 830. The highest BCUT2D eigenvalue weighted by Crippen LogP contribution is 2.30. The van der Waals surface area contributed by atoms with E-state index in [1.165, 1.54) is 5.56 Å². The zero-order valence-electron chi connectivity index (χ0n) is 13.2. The number of hydrogen-bond donors (Lipinski definition) is 1. The van der Waals surface area contributed by atoms with Crippen LogP contribution in [0.2, 0.25) is 0 Å². The number of carboxylic acid groups (broad SMARTS) is 1. The molecule has 0 aliphatic rings. The Hall–Kier alpha value is -3.07. The minimum absolute atomic E-state index is 0.00680. The molecule has 1 aromatic heterocycles. The summed E-state index contributed by atoms with van der Waals surface area (Å²) in [5.74, 6) is -1.05. The zero-order valence-corrected chi connectivity index (χ0v) is 13.2. The molecule has 120 valence electrons. The van der Waals surface area contributed by atoms with Crippen LogP contribution in [0, 0.1) is 0 Å². The Morgan fingerprint density at radius 3 is 2.21 bits per heavy atom. The van der Waals surface area contributed by atoms with E-state index in [9.17, 15) is 9.90 Å². The average molecular weight is 318 g/mol. The first kappa shape index (κ1) is 15.8. The number of benzene rings is 2. The molecule has 0 bridgehead atoms. The molecule has 0 spiro atoms. The van der Waals surface area contributed by atoms with E-state index in [-0.39, 0.29) is 5.76 Å². The highest BCUT2D eigenvalue weighted by molar-refractivity contribution is 5.94. The maximum atomic E-state index is 11.4. The standard InChI is InChI=1S/C21H18O3/c22-21(23)20-19(17-12-5-2-6-13-17)18(15-24-20)14-8-7-11-16-9-3-1-4-10-16/h1-10,12-13,15H,11,14H2,(H,22,23). The van der Waals surface area contributed by atoms with Crippen LogP contribution in [0.4, 0.5) is 0 Å². The highest BCUT2D eigenvalue weighted by atomic mass is 16.4. The van der Waals surface area contributed by atoms with E-state index in [4.69, 9.17) is 4.42 Å². The maximum absolute atomic E-state index is 11.4. The summed E-state index contributed by atoms with van der Waals surface area (Å²) in [4.78, 5) is 11.4. The number of furan rings is 1. The van der Waals surface area contributed by atoms with Gasteiger partial charge in [-0.2, -0.15) is 0 Å². The van der Waals surface area contributed by atoms with Crippen molar-refractivity contribution < 1.29 is 14.3 Å². The van der Waals surface area contributed by atoms with E-state index < -0.39 is 5.97 Å². The lowest BCUT2D eigenvalue weighted by Gasteiger charge is -2.03. The molecule has 0 amide bonds. The van der Waals surface area contributed by atoms with Crippen LogP contribution in [0.5, 0.6) is 0 Å². The molecule has 0 aliphatic carbocycles. The summed E-state index contributed by atoms with van der Waals surface area (Å²) >= 11 is 0. The van der Waals surface area contributed by atoms with Gasteiger partial charge in [0.15, 0.2) is 0 Å². The van der Waals surface area contributed by atoms with E-state index in [2.05, 4.69) is 24.3 Å². The van der Waals surface area contributed by atoms with E-state index in [0.717, 1.165) is 17.5 Å². The van der Waals surface area contributed by atoms with Gasteiger partial charge in [-0.05, 0) is 24.0 Å². The topological polar surface area (TPSA) is 50.4 Å². The number of allylic oxidation sites excluding steroid dienone is 2. The summed E-state index contributed by atoms with van der Waals surface area (Å²) in [6, 6.07) is 19.7. The van der Waals surface area contributed by atoms with Gasteiger partial charge in [0.25, 0.3) is 0 Å². The molecule has 24 heavy (non-hydrogen) atoms. The third kappa shape index (κ3) is 3.63. The van der Waals surface area contributed by atoms with Crippen molar-refractivity contribution in [3.05, 3.63) is 96.0 Å². The van der Waals surface area contributed by atoms with Crippen LogP contribution in [-0.4, -0.2) is 11.1 Å². The third-order valence-corrected chi connectivity index (χ3v) is 3.82.